The van der Waals surface area contributed by atoms with Crippen LogP contribution in [0.25, 0.3) is 0 Å². The minimum absolute atomic E-state index is 0. The molecule has 0 aromatic carbocycles. The van der Waals surface area contributed by atoms with Gasteiger partial charge in [0.2, 0.25) is 5.91 Å². The van der Waals surface area contributed by atoms with Gasteiger partial charge < -0.3 is 15.8 Å². The third-order valence-corrected chi connectivity index (χ3v) is 1.99. The number of amides is 1. The van der Waals surface area contributed by atoms with E-state index in [-0.39, 0.29) is 30.7 Å². The predicted octanol–water partition coefficient (Wildman–Crippen LogP) is 0.474. The first-order chi connectivity index (χ1) is 5.79. The van der Waals surface area contributed by atoms with Crippen molar-refractivity contribution < 1.29 is 9.53 Å². The zero-order chi connectivity index (χ0) is 8.81. The number of nitrogens with two attached hydrogens (primary N) is 1. The number of halogens is 2. The van der Waals surface area contributed by atoms with Gasteiger partial charge >= 0.3 is 0 Å². The highest BCUT2D eigenvalue weighted by molar-refractivity contribution is 5.85. The number of piperidine rings is 1. The summed E-state index contributed by atoms with van der Waals surface area (Å²) < 4.78 is 5.45. The second-order valence-electron chi connectivity index (χ2n) is 3.04. The largest absolute Gasteiger partial charge is 0.378 e. The molecule has 0 spiro atoms. The van der Waals surface area contributed by atoms with Gasteiger partial charge in [0.05, 0.1) is 12.7 Å². The Morgan fingerprint density at radius 1 is 1.36 bits per heavy atom. The highest BCUT2D eigenvalue weighted by Gasteiger charge is 2.12. The normalized spacial score (nSPS) is 16.6. The zero-order valence-electron chi connectivity index (χ0n) is 8.03. The van der Waals surface area contributed by atoms with E-state index < -0.39 is 0 Å². The van der Waals surface area contributed by atoms with Crippen molar-refractivity contribution in [2.24, 2.45) is 5.73 Å². The number of carbonyl (C=O) groups excluding carboxylic acids is 1. The molecule has 0 saturated carbocycles. The highest BCUT2D eigenvalue weighted by atomic mass is 35.5. The first-order valence-corrected chi connectivity index (χ1v) is 4.39. The summed E-state index contributed by atoms with van der Waals surface area (Å²) in [5.74, 6) is -0.288. The third kappa shape index (κ3) is 7.38. The summed E-state index contributed by atoms with van der Waals surface area (Å²) in [7, 11) is 0. The average molecular weight is 245 g/mol. The fourth-order valence-electron chi connectivity index (χ4n) is 1.29. The number of hydrogen-bond acceptors (Lipinski definition) is 3. The quantitative estimate of drug-likeness (QED) is 0.756. The van der Waals surface area contributed by atoms with Gasteiger partial charge in [-0.3, -0.25) is 4.79 Å². The molecule has 1 aliphatic rings. The molecule has 0 atom stereocenters. The summed E-state index contributed by atoms with van der Waals surface area (Å²) in [4.78, 5) is 10.4. The minimum atomic E-state index is -0.288. The van der Waals surface area contributed by atoms with Crippen LogP contribution in [0.4, 0.5) is 0 Å². The Labute approximate surface area is 96.8 Å². The standard InChI is InChI=1S/C8H16N2O2.2ClH/c9-8(11)3-6-12-7-1-4-10-5-2-7;;/h7,10H,1-6H2,(H2,9,11);2*1H. The van der Waals surface area contributed by atoms with Gasteiger partial charge in [-0.25, -0.2) is 0 Å². The van der Waals surface area contributed by atoms with Crippen molar-refractivity contribution in [3.05, 3.63) is 0 Å². The molecule has 3 N–H and O–H groups in total. The fraction of sp³-hybridized carbons (Fsp3) is 0.875. The number of carbonyl (C=O) groups is 1. The Bertz CT molecular complexity index is 152. The number of ether oxygens (including phenoxy) is 1. The molecule has 1 aliphatic heterocycles. The van der Waals surface area contributed by atoms with Crippen LogP contribution in [0.3, 0.4) is 0 Å². The van der Waals surface area contributed by atoms with Crippen molar-refractivity contribution in [2.75, 3.05) is 19.7 Å². The lowest BCUT2D eigenvalue weighted by Gasteiger charge is -2.22. The molecular formula is C8H18Cl2N2O2. The lowest BCUT2D eigenvalue weighted by Crippen LogP contribution is -2.33. The second-order valence-corrected chi connectivity index (χ2v) is 3.04. The van der Waals surface area contributed by atoms with Crippen LogP contribution in [-0.2, 0) is 9.53 Å². The van der Waals surface area contributed by atoms with E-state index in [2.05, 4.69) is 5.32 Å². The maximum Gasteiger partial charge on any atom is 0.219 e. The van der Waals surface area contributed by atoms with Crippen molar-refractivity contribution in [2.45, 2.75) is 25.4 Å². The fourth-order valence-corrected chi connectivity index (χ4v) is 1.29. The first kappa shape index (κ1) is 16.4. The molecular weight excluding hydrogens is 227 g/mol. The van der Waals surface area contributed by atoms with Gasteiger partial charge in [-0.15, -0.1) is 24.8 Å². The van der Waals surface area contributed by atoms with E-state index >= 15 is 0 Å². The second kappa shape index (κ2) is 9.52. The lowest BCUT2D eigenvalue weighted by atomic mass is 10.1. The molecule has 0 aromatic rings. The number of rotatable bonds is 4. The van der Waals surface area contributed by atoms with Crippen LogP contribution in [-0.4, -0.2) is 31.7 Å². The molecule has 1 fully saturated rings. The topological polar surface area (TPSA) is 64.4 Å². The molecule has 1 amide bonds. The average Bonchev–Trinajstić information content (AvgIpc) is 2.05. The smallest absolute Gasteiger partial charge is 0.219 e. The van der Waals surface area contributed by atoms with E-state index in [9.17, 15) is 4.79 Å². The Morgan fingerprint density at radius 2 is 1.93 bits per heavy atom. The lowest BCUT2D eigenvalue weighted by molar-refractivity contribution is -0.119. The van der Waals surface area contributed by atoms with Gasteiger partial charge in [0, 0.05) is 6.42 Å². The van der Waals surface area contributed by atoms with Crippen molar-refractivity contribution in [1.29, 1.82) is 0 Å². The van der Waals surface area contributed by atoms with E-state index in [1.807, 2.05) is 0 Å². The van der Waals surface area contributed by atoms with Crippen molar-refractivity contribution in [1.82, 2.24) is 5.32 Å². The van der Waals surface area contributed by atoms with E-state index in [0.29, 0.717) is 19.1 Å². The molecule has 0 aliphatic carbocycles. The Hall–Kier alpha value is -0.0300. The van der Waals surface area contributed by atoms with Crippen molar-refractivity contribution >= 4 is 30.7 Å². The molecule has 1 heterocycles. The summed E-state index contributed by atoms with van der Waals surface area (Å²) in [6.45, 7) is 2.50. The molecule has 6 heteroatoms. The third-order valence-electron chi connectivity index (χ3n) is 1.99. The maximum atomic E-state index is 10.4. The summed E-state index contributed by atoms with van der Waals surface area (Å²) >= 11 is 0. The molecule has 0 aromatic heterocycles. The van der Waals surface area contributed by atoms with Crippen LogP contribution in [0.1, 0.15) is 19.3 Å². The van der Waals surface area contributed by atoms with Crippen LogP contribution in [0, 0.1) is 0 Å². The molecule has 0 bridgehead atoms. The minimum Gasteiger partial charge on any atom is -0.378 e. The van der Waals surface area contributed by atoms with E-state index in [0.717, 1.165) is 25.9 Å². The van der Waals surface area contributed by atoms with Crippen molar-refractivity contribution in [3.8, 4) is 0 Å². The molecule has 1 rings (SSSR count). The van der Waals surface area contributed by atoms with E-state index in [1.165, 1.54) is 0 Å². The Kier molecular flexibility index (Phi) is 11.2. The summed E-state index contributed by atoms with van der Waals surface area (Å²) in [6.07, 6.45) is 2.74. The molecule has 14 heavy (non-hydrogen) atoms. The Balaban J connectivity index is 0. The zero-order valence-corrected chi connectivity index (χ0v) is 9.66. The molecule has 4 nitrogen and oxygen atoms in total. The van der Waals surface area contributed by atoms with Crippen LogP contribution in [0.2, 0.25) is 0 Å². The van der Waals surface area contributed by atoms with Crippen LogP contribution < -0.4 is 11.1 Å². The van der Waals surface area contributed by atoms with Crippen LogP contribution in [0.15, 0.2) is 0 Å². The monoisotopic (exact) mass is 244 g/mol. The summed E-state index contributed by atoms with van der Waals surface area (Å²) in [6, 6.07) is 0. The van der Waals surface area contributed by atoms with Crippen molar-refractivity contribution in [3.63, 3.8) is 0 Å². The van der Waals surface area contributed by atoms with Gasteiger partial charge in [0.15, 0.2) is 0 Å². The number of primary amides is 1. The molecule has 0 radical (unpaired) electrons. The summed E-state index contributed by atoms with van der Waals surface area (Å²) in [5.41, 5.74) is 4.98. The van der Waals surface area contributed by atoms with Gasteiger partial charge in [-0.1, -0.05) is 0 Å². The van der Waals surface area contributed by atoms with Gasteiger partial charge in [0.1, 0.15) is 0 Å². The molecule has 86 valence electrons. The number of nitrogens with one attached hydrogen (secondary N) is 1. The van der Waals surface area contributed by atoms with Gasteiger partial charge in [-0.05, 0) is 25.9 Å². The molecule has 0 unspecified atom stereocenters. The van der Waals surface area contributed by atoms with Crippen LogP contribution in [0.5, 0.6) is 0 Å². The Morgan fingerprint density at radius 3 is 2.43 bits per heavy atom. The van der Waals surface area contributed by atoms with Gasteiger partial charge in [-0.2, -0.15) is 0 Å². The van der Waals surface area contributed by atoms with E-state index in [1.54, 1.807) is 0 Å². The SMILES string of the molecule is Cl.Cl.NC(=O)CCOC1CCNCC1. The summed E-state index contributed by atoms with van der Waals surface area (Å²) in [5, 5.41) is 3.24. The van der Waals surface area contributed by atoms with Gasteiger partial charge in [0.25, 0.3) is 0 Å². The highest BCUT2D eigenvalue weighted by Crippen LogP contribution is 2.06. The molecule has 1 saturated heterocycles. The van der Waals surface area contributed by atoms with Crippen LogP contribution >= 0.6 is 24.8 Å². The first-order valence-electron chi connectivity index (χ1n) is 4.39. The number of hydrogen-bond donors (Lipinski definition) is 2. The van der Waals surface area contributed by atoms with E-state index in [4.69, 9.17) is 10.5 Å². The predicted molar refractivity (Wildman–Crippen MR) is 60.2 cm³/mol. The maximum absolute atomic E-state index is 10.4.